The van der Waals surface area contributed by atoms with Gasteiger partial charge in [0.1, 0.15) is 17.7 Å². The lowest BCUT2D eigenvalue weighted by Gasteiger charge is -2.20. The van der Waals surface area contributed by atoms with E-state index in [9.17, 15) is 18.4 Å². The molecule has 2 atom stereocenters. The van der Waals surface area contributed by atoms with Crippen molar-refractivity contribution in [2.24, 2.45) is 11.7 Å². The van der Waals surface area contributed by atoms with E-state index in [2.05, 4.69) is 5.32 Å². The highest BCUT2D eigenvalue weighted by Gasteiger charge is 2.25. The number of halogens is 2. The van der Waals surface area contributed by atoms with E-state index in [1.54, 1.807) is 6.92 Å². The number of rotatable bonds is 6. The highest BCUT2D eigenvalue weighted by Crippen LogP contribution is 2.11. The van der Waals surface area contributed by atoms with Crippen molar-refractivity contribution >= 4 is 11.8 Å². The molecule has 0 unspecified atom stereocenters. The molecule has 2 amide bonds. The lowest BCUT2D eigenvalue weighted by Crippen LogP contribution is -2.48. The molecule has 112 valence electrons. The van der Waals surface area contributed by atoms with Crippen LogP contribution < -0.4 is 11.1 Å². The molecule has 1 aromatic carbocycles. The van der Waals surface area contributed by atoms with Crippen molar-refractivity contribution in [1.29, 1.82) is 5.26 Å². The summed E-state index contributed by atoms with van der Waals surface area (Å²) in [6.07, 6.45) is -0.312. The molecule has 0 aliphatic heterocycles. The molecule has 1 rings (SSSR count). The number of hydrogen-bond donors (Lipinski definition) is 2. The predicted octanol–water partition coefficient (Wildman–Crippen LogP) is 1.03. The first-order valence-corrected chi connectivity index (χ1v) is 6.24. The van der Waals surface area contributed by atoms with Gasteiger partial charge in [0.25, 0.3) is 0 Å². The second kappa shape index (κ2) is 7.33. The minimum atomic E-state index is -1.01. The molecule has 0 aliphatic rings. The molecule has 5 nitrogen and oxygen atoms in total. The maximum absolute atomic E-state index is 13.4. The minimum absolute atomic E-state index is 0.00468. The van der Waals surface area contributed by atoms with Crippen LogP contribution in [0.25, 0.3) is 0 Å². The molecule has 0 saturated heterocycles. The van der Waals surface area contributed by atoms with E-state index in [4.69, 9.17) is 11.0 Å². The van der Waals surface area contributed by atoms with Crippen LogP contribution in [0.1, 0.15) is 18.9 Å². The van der Waals surface area contributed by atoms with Crippen LogP contribution >= 0.6 is 0 Å². The van der Waals surface area contributed by atoms with E-state index < -0.39 is 35.4 Å². The number of primary amides is 1. The van der Waals surface area contributed by atoms with Gasteiger partial charge in [0, 0.05) is 12.5 Å². The third kappa shape index (κ3) is 4.84. The van der Waals surface area contributed by atoms with Gasteiger partial charge >= 0.3 is 0 Å². The Balaban J connectivity index is 2.74. The largest absolute Gasteiger partial charge is 0.368 e. The number of benzene rings is 1. The summed E-state index contributed by atoms with van der Waals surface area (Å²) in [5, 5.41) is 11.0. The van der Waals surface area contributed by atoms with Gasteiger partial charge in [0.15, 0.2) is 0 Å². The van der Waals surface area contributed by atoms with Crippen molar-refractivity contribution < 1.29 is 18.4 Å². The lowest BCUT2D eigenvalue weighted by atomic mass is 9.98. The molecule has 0 radical (unpaired) electrons. The molecule has 0 heterocycles. The summed E-state index contributed by atoms with van der Waals surface area (Å²) >= 11 is 0. The molecule has 7 heteroatoms. The molecule has 0 spiro atoms. The Bertz CT molecular complexity index is 584. The van der Waals surface area contributed by atoms with Gasteiger partial charge in [-0.25, -0.2) is 8.78 Å². The monoisotopic (exact) mass is 295 g/mol. The Labute approximate surface area is 120 Å². The first-order chi connectivity index (χ1) is 9.85. The quantitative estimate of drug-likeness (QED) is 0.820. The van der Waals surface area contributed by atoms with E-state index in [1.807, 2.05) is 6.07 Å². The van der Waals surface area contributed by atoms with Crippen LogP contribution in [0.3, 0.4) is 0 Å². The predicted molar refractivity (Wildman–Crippen MR) is 70.6 cm³/mol. The van der Waals surface area contributed by atoms with E-state index >= 15 is 0 Å². The average Bonchev–Trinajstić information content (AvgIpc) is 2.39. The van der Waals surface area contributed by atoms with E-state index in [1.165, 1.54) is 0 Å². The Kier molecular flexibility index (Phi) is 5.79. The van der Waals surface area contributed by atoms with E-state index in [-0.39, 0.29) is 18.4 Å². The molecule has 3 N–H and O–H groups in total. The van der Waals surface area contributed by atoms with Crippen LogP contribution in [0.5, 0.6) is 0 Å². The molecular formula is C14H15F2N3O2. The van der Waals surface area contributed by atoms with Crippen molar-refractivity contribution in [2.45, 2.75) is 25.8 Å². The summed E-state index contributed by atoms with van der Waals surface area (Å²) in [5.74, 6) is -3.45. The lowest BCUT2D eigenvalue weighted by molar-refractivity contribution is -0.128. The molecule has 0 aliphatic carbocycles. The van der Waals surface area contributed by atoms with Crippen LogP contribution in [0.2, 0.25) is 0 Å². The Hall–Kier alpha value is -2.49. The fourth-order valence-electron chi connectivity index (χ4n) is 1.82. The maximum Gasteiger partial charge on any atom is 0.240 e. The van der Waals surface area contributed by atoms with Crippen LogP contribution in [0, 0.1) is 28.9 Å². The van der Waals surface area contributed by atoms with Crippen molar-refractivity contribution in [3.63, 3.8) is 0 Å². The second-order valence-corrected chi connectivity index (χ2v) is 4.70. The number of carbonyl (C=O) groups is 2. The van der Waals surface area contributed by atoms with Gasteiger partial charge in [-0.05, 0) is 17.5 Å². The topological polar surface area (TPSA) is 96.0 Å². The normalized spacial score (nSPS) is 13.0. The Morgan fingerprint density at radius 1 is 1.43 bits per heavy atom. The molecule has 1 aromatic rings. The van der Waals surface area contributed by atoms with Crippen LogP contribution in [0.15, 0.2) is 18.2 Å². The SMILES string of the molecule is C[C@H](CC#N)[C@H](NC(=O)Cc1ccc(F)cc1F)C(N)=O. The third-order valence-electron chi connectivity index (χ3n) is 2.97. The fourth-order valence-corrected chi connectivity index (χ4v) is 1.82. The van der Waals surface area contributed by atoms with Crippen LogP contribution in [-0.4, -0.2) is 17.9 Å². The number of nitrogens with two attached hydrogens (primary N) is 1. The standard InChI is InChI=1S/C14H15F2N3O2/c1-8(4-5-17)13(14(18)21)19-12(20)6-9-2-3-10(15)7-11(9)16/h2-3,7-8,13H,4,6H2,1H3,(H2,18,21)(H,19,20)/t8-,13+/m1/s1. The summed E-state index contributed by atoms with van der Waals surface area (Å²) in [4.78, 5) is 23.1. The molecule has 21 heavy (non-hydrogen) atoms. The first-order valence-electron chi connectivity index (χ1n) is 6.24. The van der Waals surface area contributed by atoms with Gasteiger partial charge < -0.3 is 11.1 Å². The number of nitriles is 1. The minimum Gasteiger partial charge on any atom is -0.368 e. The van der Waals surface area contributed by atoms with Crippen LogP contribution in [0.4, 0.5) is 8.78 Å². The zero-order valence-electron chi connectivity index (χ0n) is 11.4. The number of nitrogens with zero attached hydrogens (tertiary/aromatic N) is 1. The van der Waals surface area contributed by atoms with Gasteiger partial charge in [0.05, 0.1) is 12.5 Å². The summed E-state index contributed by atoms with van der Waals surface area (Å²) in [7, 11) is 0. The number of amides is 2. The Morgan fingerprint density at radius 2 is 2.10 bits per heavy atom. The van der Waals surface area contributed by atoms with Gasteiger partial charge in [-0.15, -0.1) is 0 Å². The van der Waals surface area contributed by atoms with E-state index in [0.717, 1.165) is 12.1 Å². The van der Waals surface area contributed by atoms with Crippen molar-refractivity contribution in [1.82, 2.24) is 5.32 Å². The van der Waals surface area contributed by atoms with Gasteiger partial charge in [-0.1, -0.05) is 13.0 Å². The average molecular weight is 295 g/mol. The summed E-state index contributed by atoms with van der Waals surface area (Å²) in [6.45, 7) is 1.59. The molecule has 0 fully saturated rings. The van der Waals surface area contributed by atoms with Gasteiger partial charge in [-0.2, -0.15) is 5.26 Å². The fraction of sp³-hybridized carbons (Fsp3) is 0.357. The van der Waals surface area contributed by atoms with Gasteiger partial charge in [0.2, 0.25) is 11.8 Å². The molecule has 0 aromatic heterocycles. The van der Waals surface area contributed by atoms with Crippen molar-refractivity contribution in [2.75, 3.05) is 0 Å². The zero-order valence-corrected chi connectivity index (χ0v) is 11.4. The van der Waals surface area contributed by atoms with Crippen molar-refractivity contribution in [3.8, 4) is 6.07 Å². The summed E-state index contributed by atoms with van der Waals surface area (Å²) < 4.78 is 26.2. The number of carbonyl (C=O) groups excluding carboxylic acids is 2. The Morgan fingerprint density at radius 3 is 2.62 bits per heavy atom. The highest BCUT2D eigenvalue weighted by molar-refractivity contribution is 5.87. The smallest absolute Gasteiger partial charge is 0.240 e. The molecule has 0 saturated carbocycles. The van der Waals surface area contributed by atoms with Crippen LogP contribution in [-0.2, 0) is 16.0 Å². The highest BCUT2D eigenvalue weighted by atomic mass is 19.1. The first kappa shape index (κ1) is 16.6. The van der Waals surface area contributed by atoms with Gasteiger partial charge in [-0.3, -0.25) is 9.59 Å². The second-order valence-electron chi connectivity index (χ2n) is 4.70. The molecular weight excluding hydrogens is 280 g/mol. The zero-order chi connectivity index (χ0) is 16.0. The number of nitrogens with one attached hydrogen (secondary N) is 1. The van der Waals surface area contributed by atoms with E-state index in [0.29, 0.717) is 6.07 Å². The summed E-state index contributed by atoms with van der Waals surface area (Å²) in [5.41, 5.74) is 5.18. The molecule has 0 bridgehead atoms. The number of hydrogen-bond acceptors (Lipinski definition) is 3. The van der Waals surface area contributed by atoms with Crippen molar-refractivity contribution in [3.05, 3.63) is 35.4 Å². The summed E-state index contributed by atoms with van der Waals surface area (Å²) in [6, 6.07) is 3.73. The third-order valence-corrected chi connectivity index (χ3v) is 2.97. The maximum atomic E-state index is 13.4.